The van der Waals surface area contributed by atoms with Crippen molar-refractivity contribution in [3.05, 3.63) is 60.4 Å². The van der Waals surface area contributed by atoms with Crippen LogP contribution in [-0.4, -0.2) is 23.5 Å². The molecule has 1 aromatic heterocycles. The summed E-state index contributed by atoms with van der Waals surface area (Å²) in [6.45, 7) is 5.67. The van der Waals surface area contributed by atoms with Gasteiger partial charge < -0.3 is 4.55 Å². The Morgan fingerprint density at radius 2 is 1.91 bits per heavy atom. The van der Waals surface area contributed by atoms with Gasteiger partial charge in [-0.1, -0.05) is 17.7 Å². The lowest BCUT2D eigenvalue weighted by molar-refractivity contribution is -0.520. The normalized spacial score (nSPS) is 14.7. The van der Waals surface area contributed by atoms with Crippen LogP contribution in [-0.2, 0) is 21.5 Å². The van der Waals surface area contributed by atoms with E-state index in [1.54, 1.807) is 39.5 Å². The van der Waals surface area contributed by atoms with Crippen molar-refractivity contribution in [2.75, 3.05) is 6.26 Å². The smallest absolute Gasteiger partial charge is 0.460 e. The maximum atomic E-state index is 10.4. The summed E-state index contributed by atoms with van der Waals surface area (Å²) in [5, 5.41) is 0. The molecule has 2 heterocycles. The van der Waals surface area contributed by atoms with Crippen LogP contribution in [0.1, 0.15) is 5.56 Å². The number of rotatable bonds is 1. The SMILES string of the molecule is C=[n+]1cccc2c1=NC(=[S+]C)S2.Cc1ccc(S(=O)(=O)[O-])cc1. The lowest BCUT2D eigenvalue weighted by atomic mass is 10.2. The van der Waals surface area contributed by atoms with Gasteiger partial charge in [-0.15, -0.1) is 0 Å². The number of benzene rings is 1. The summed E-state index contributed by atoms with van der Waals surface area (Å²) >= 11 is 3.37. The summed E-state index contributed by atoms with van der Waals surface area (Å²) in [5.41, 5.74) is 1.89. The summed E-state index contributed by atoms with van der Waals surface area (Å²) < 4.78 is 34.1. The molecular weight excluding hydrogens is 352 g/mol. The molecule has 8 heteroatoms. The first-order valence-corrected chi connectivity index (χ1v) is 9.95. The Morgan fingerprint density at radius 1 is 1.26 bits per heavy atom. The van der Waals surface area contributed by atoms with Gasteiger partial charge in [-0.3, -0.25) is 0 Å². The summed E-state index contributed by atoms with van der Waals surface area (Å²) in [6, 6.07) is 9.83. The molecule has 0 saturated heterocycles. The van der Waals surface area contributed by atoms with E-state index in [-0.39, 0.29) is 4.90 Å². The van der Waals surface area contributed by atoms with E-state index in [2.05, 4.69) is 17.8 Å². The Bertz CT molecular complexity index is 952. The molecule has 120 valence electrons. The lowest BCUT2D eigenvalue weighted by Crippen LogP contribution is -2.35. The van der Waals surface area contributed by atoms with Crippen LogP contribution in [0.3, 0.4) is 0 Å². The topological polar surface area (TPSA) is 75.5 Å². The zero-order chi connectivity index (χ0) is 17.0. The highest BCUT2D eigenvalue weighted by Gasteiger charge is 2.27. The number of aryl methyl sites for hydroxylation is 1. The average Bonchev–Trinajstić information content (AvgIpc) is 2.92. The van der Waals surface area contributed by atoms with Gasteiger partial charge in [-0.05, 0) is 31.2 Å². The zero-order valence-corrected chi connectivity index (χ0v) is 15.0. The summed E-state index contributed by atoms with van der Waals surface area (Å²) in [4.78, 5) is 5.43. The number of hydrogen-bond acceptors (Lipinski definition) is 4. The molecule has 0 atom stereocenters. The van der Waals surface area contributed by atoms with Crippen molar-refractivity contribution in [3.63, 3.8) is 0 Å². The first-order chi connectivity index (χ1) is 10.8. The highest BCUT2D eigenvalue weighted by atomic mass is 32.2. The van der Waals surface area contributed by atoms with Crippen molar-refractivity contribution in [2.45, 2.75) is 16.7 Å². The second-order valence-corrected chi connectivity index (χ2v) is 8.08. The van der Waals surface area contributed by atoms with E-state index in [1.165, 1.54) is 17.0 Å². The van der Waals surface area contributed by atoms with Crippen molar-refractivity contribution < 1.29 is 17.2 Å². The Kier molecular flexibility index (Phi) is 5.64. The van der Waals surface area contributed by atoms with E-state index in [4.69, 9.17) is 0 Å². The predicted molar refractivity (Wildman–Crippen MR) is 91.8 cm³/mol. The van der Waals surface area contributed by atoms with Gasteiger partial charge in [0, 0.05) is 16.8 Å². The van der Waals surface area contributed by atoms with Crippen LogP contribution >= 0.6 is 11.8 Å². The van der Waals surface area contributed by atoms with Crippen molar-refractivity contribution in [1.82, 2.24) is 0 Å². The molecule has 0 aliphatic carbocycles. The minimum atomic E-state index is -4.27. The number of hydrogen-bond donors (Lipinski definition) is 0. The highest BCUT2D eigenvalue weighted by molar-refractivity contribution is 8.22. The Labute approximate surface area is 143 Å². The molecule has 1 aromatic carbocycles. The molecule has 1 aliphatic heterocycles. The van der Waals surface area contributed by atoms with Crippen LogP contribution in [0.4, 0.5) is 0 Å². The maximum absolute atomic E-state index is 10.4. The predicted octanol–water partition coefficient (Wildman–Crippen LogP) is 1.04. The summed E-state index contributed by atoms with van der Waals surface area (Å²) in [7, 11) is -4.27. The largest absolute Gasteiger partial charge is 0.744 e. The molecule has 0 fully saturated rings. The number of thioether (sulfide) groups is 1. The molecule has 0 N–H and O–H groups in total. The van der Waals surface area contributed by atoms with Crippen LogP contribution in [0.5, 0.6) is 0 Å². The van der Waals surface area contributed by atoms with E-state index < -0.39 is 10.1 Å². The molecule has 3 rings (SSSR count). The quantitative estimate of drug-likeness (QED) is 0.327. The van der Waals surface area contributed by atoms with Gasteiger partial charge >= 0.3 is 9.81 Å². The molecule has 0 radical (unpaired) electrons. The van der Waals surface area contributed by atoms with E-state index in [0.29, 0.717) is 0 Å². The Balaban J connectivity index is 0.000000168. The summed E-state index contributed by atoms with van der Waals surface area (Å²) in [5.74, 6) is 0. The van der Waals surface area contributed by atoms with Gasteiger partial charge in [0.25, 0.3) is 0 Å². The van der Waals surface area contributed by atoms with Crippen LogP contribution in [0.2, 0.25) is 0 Å². The number of nitrogens with zero attached hydrogens (tertiary/aromatic N) is 2. The van der Waals surface area contributed by atoms with Gasteiger partial charge in [0.2, 0.25) is 11.4 Å². The fraction of sp³-hybridized carbons (Fsp3) is 0.133. The van der Waals surface area contributed by atoms with E-state index in [9.17, 15) is 13.0 Å². The number of pyridine rings is 1. The van der Waals surface area contributed by atoms with E-state index >= 15 is 0 Å². The number of fused-ring (bicyclic) bond motifs is 1. The molecule has 23 heavy (non-hydrogen) atoms. The molecule has 0 unspecified atom stereocenters. The third kappa shape index (κ3) is 4.68. The van der Waals surface area contributed by atoms with Gasteiger partial charge in [-0.2, -0.15) is 0 Å². The molecule has 0 saturated carbocycles. The third-order valence-electron chi connectivity index (χ3n) is 2.88. The zero-order valence-electron chi connectivity index (χ0n) is 12.6. The molecule has 5 nitrogen and oxygen atoms in total. The molecule has 2 aromatic rings. The Morgan fingerprint density at radius 3 is 2.43 bits per heavy atom. The van der Waals surface area contributed by atoms with Gasteiger partial charge in [0.1, 0.15) is 15.0 Å². The van der Waals surface area contributed by atoms with Crippen molar-refractivity contribution in [1.29, 1.82) is 0 Å². The van der Waals surface area contributed by atoms with E-state index in [0.717, 1.165) is 15.4 Å². The fourth-order valence-corrected chi connectivity index (χ4v) is 3.69. The molecular formula is C15H15N2O3S3+. The molecule has 1 aliphatic rings. The third-order valence-corrected chi connectivity index (χ3v) is 5.73. The van der Waals surface area contributed by atoms with Crippen molar-refractivity contribution >= 4 is 37.6 Å². The van der Waals surface area contributed by atoms with Crippen molar-refractivity contribution in [2.24, 2.45) is 4.99 Å². The van der Waals surface area contributed by atoms with Gasteiger partial charge in [-0.25, -0.2) is 12.7 Å². The average molecular weight is 367 g/mol. The van der Waals surface area contributed by atoms with E-state index in [1.807, 2.05) is 25.4 Å². The lowest BCUT2D eigenvalue weighted by Gasteiger charge is -2.05. The highest BCUT2D eigenvalue weighted by Crippen LogP contribution is 2.18. The fourth-order valence-electron chi connectivity index (χ4n) is 1.72. The van der Waals surface area contributed by atoms with Crippen LogP contribution < -0.4 is 9.73 Å². The van der Waals surface area contributed by atoms with Gasteiger partial charge in [0.05, 0.1) is 17.8 Å². The minimum Gasteiger partial charge on any atom is -0.744 e. The first kappa shape index (κ1) is 17.7. The monoisotopic (exact) mass is 367 g/mol. The second kappa shape index (κ2) is 7.31. The number of aromatic nitrogens is 1. The van der Waals surface area contributed by atoms with Crippen LogP contribution in [0.25, 0.3) is 0 Å². The standard InChI is InChI=1S/C8H8N2S2.C7H8O3S/c1-10-5-3-4-6-7(10)9-8(11-2)12-6;1-6-2-4-7(5-3-6)11(8,9)10/h3-5H,1H2,2H3;2-5H,1H3,(H,8,9,10)/q+2;/p-1. The van der Waals surface area contributed by atoms with Gasteiger partial charge in [0.15, 0.2) is 6.26 Å². The molecule has 0 spiro atoms. The first-order valence-electron chi connectivity index (χ1n) is 6.50. The summed E-state index contributed by atoms with van der Waals surface area (Å²) in [6.07, 6.45) is 3.94. The Hall–Kier alpha value is -1.61. The van der Waals surface area contributed by atoms with Crippen LogP contribution in [0.15, 0.2) is 57.4 Å². The second-order valence-electron chi connectivity index (χ2n) is 4.62. The molecule has 0 bridgehead atoms. The maximum Gasteiger partial charge on any atom is 0.460 e. The van der Waals surface area contributed by atoms with Crippen molar-refractivity contribution in [3.8, 4) is 0 Å². The van der Waals surface area contributed by atoms with Crippen LogP contribution in [0, 0.1) is 13.6 Å². The molecule has 0 amide bonds. The minimum absolute atomic E-state index is 0.178.